The summed E-state index contributed by atoms with van der Waals surface area (Å²) in [7, 11) is 0. The third-order valence-corrected chi connectivity index (χ3v) is 6.94. The molecular weight excluding hydrogens is 444 g/mol. The van der Waals surface area contributed by atoms with Gasteiger partial charge in [0, 0.05) is 30.5 Å². The van der Waals surface area contributed by atoms with Gasteiger partial charge in [-0.3, -0.25) is 14.4 Å². The van der Waals surface area contributed by atoms with E-state index in [-0.39, 0.29) is 11.8 Å². The summed E-state index contributed by atoms with van der Waals surface area (Å²) in [6, 6.07) is -0.871. The number of ether oxygens (including phenoxy) is 1. The molecule has 0 aliphatic carbocycles. The zero-order valence-electron chi connectivity index (χ0n) is 20.5. The summed E-state index contributed by atoms with van der Waals surface area (Å²) in [6.45, 7) is 11.7. The van der Waals surface area contributed by atoms with E-state index in [0.717, 1.165) is 19.1 Å². The van der Waals surface area contributed by atoms with E-state index in [1.54, 1.807) is 18.5 Å². The monoisotopic (exact) mass is 482 g/mol. The van der Waals surface area contributed by atoms with Crippen molar-refractivity contribution in [2.24, 2.45) is 17.3 Å². The predicted octanol–water partition coefficient (Wildman–Crippen LogP) is 3.28. The topological polar surface area (TPSA) is 119 Å². The molecule has 1 fully saturated rings. The number of nitrogens with one attached hydrogen (secondary N) is 3. The quantitative estimate of drug-likeness (QED) is 0.327. The first-order chi connectivity index (χ1) is 15.6. The molecule has 1 aromatic heterocycles. The number of aldehydes is 1. The fourth-order valence-electron chi connectivity index (χ4n) is 3.90. The third kappa shape index (κ3) is 6.81. The van der Waals surface area contributed by atoms with Gasteiger partial charge in [-0.1, -0.05) is 48.0 Å². The SMILES string of the molecule is CC[C@@H](C)[C@](NOC1CCCCO1)(C(=O)N[C@H](C(=O)Nc1nccs1)C(C)(C)C)[C@H](C)C=O. The molecule has 1 aliphatic heterocycles. The highest BCUT2D eigenvalue weighted by atomic mass is 32.1. The standard InChI is InChI=1S/C23H38N4O5S/c1-7-15(2)23(16(3)14-28,27-32-17-10-8-9-12-31-17)20(30)25-18(22(4,5)6)19(29)26-21-24-11-13-33-21/h11,13-18,27H,7-10,12H2,1-6H3,(H,25,30)(H,24,26,29)/t15-,16-,17?,18-,23-/m1/s1. The molecule has 1 saturated heterocycles. The molecule has 0 aromatic carbocycles. The first kappa shape index (κ1) is 27.4. The Morgan fingerprint density at radius 2 is 2.06 bits per heavy atom. The molecule has 9 nitrogen and oxygen atoms in total. The number of aromatic nitrogens is 1. The van der Waals surface area contributed by atoms with Gasteiger partial charge in [0.25, 0.3) is 0 Å². The average Bonchev–Trinajstić information content (AvgIpc) is 3.30. The van der Waals surface area contributed by atoms with Crippen molar-refractivity contribution in [3.63, 3.8) is 0 Å². The lowest BCUT2D eigenvalue weighted by molar-refractivity contribution is -0.223. The maximum atomic E-state index is 13.9. The highest BCUT2D eigenvalue weighted by Gasteiger charge is 2.50. The van der Waals surface area contributed by atoms with Gasteiger partial charge in [0.2, 0.25) is 11.8 Å². The Morgan fingerprint density at radius 3 is 2.58 bits per heavy atom. The Morgan fingerprint density at radius 1 is 1.33 bits per heavy atom. The molecule has 1 aromatic rings. The number of carbonyl (C=O) groups is 3. The molecule has 0 radical (unpaired) electrons. The van der Waals surface area contributed by atoms with Crippen molar-refractivity contribution in [3.05, 3.63) is 11.6 Å². The van der Waals surface area contributed by atoms with Crippen LogP contribution in [-0.2, 0) is 24.0 Å². The highest BCUT2D eigenvalue weighted by molar-refractivity contribution is 7.13. The van der Waals surface area contributed by atoms with Crippen LogP contribution in [-0.4, -0.2) is 47.6 Å². The van der Waals surface area contributed by atoms with Crippen LogP contribution in [0.3, 0.4) is 0 Å². The Kier molecular flexibility index (Phi) is 9.96. The van der Waals surface area contributed by atoms with Gasteiger partial charge in [0.1, 0.15) is 17.9 Å². The van der Waals surface area contributed by atoms with Crippen LogP contribution >= 0.6 is 11.3 Å². The smallest absolute Gasteiger partial charge is 0.249 e. The molecule has 5 atom stereocenters. The molecule has 3 N–H and O–H groups in total. The third-order valence-electron chi connectivity index (χ3n) is 6.25. The highest BCUT2D eigenvalue weighted by Crippen LogP contribution is 2.31. The number of hydrogen-bond donors (Lipinski definition) is 3. The van der Waals surface area contributed by atoms with E-state index >= 15 is 0 Å². The van der Waals surface area contributed by atoms with Gasteiger partial charge in [0.05, 0.1) is 0 Å². The molecule has 10 heteroatoms. The van der Waals surface area contributed by atoms with E-state index in [4.69, 9.17) is 9.57 Å². The summed E-state index contributed by atoms with van der Waals surface area (Å²) < 4.78 is 5.64. The van der Waals surface area contributed by atoms with Crippen LogP contribution in [0.1, 0.15) is 67.2 Å². The van der Waals surface area contributed by atoms with E-state index in [0.29, 0.717) is 24.6 Å². The zero-order chi connectivity index (χ0) is 24.6. The number of anilines is 1. The summed E-state index contributed by atoms with van der Waals surface area (Å²) in [4.78, 5) is 48.8. The lowest BCUT2D eigenvalue weighted by atomic mass is 9.73. The Hall–Kier alpha value is -1.88. The van der Waals surface area contributed by atoms with Crippen molar-refractivity contribution in [1.29, 1.82) is 0 Å². The maximum absolute atomic E-state index is 13.9. The van der Waals surface area contributed by atoms with Gasteiger partial charge in [0.15, 0.2) is 11.4 Å². The van der Waals surface area contributed by atoms with Crippen molar-refractivity contribution < 1.29 is 24.0 Å². The number of hydroxylamine groups is 1. The molecule has 33 heavy (non-hydrogen) atoms. The van der Waals surface area contributed by atoms with Gasteiger partial charge >= 0.3 is 0 Å². The molecule has 0 saturated carbocycles. The van der Waals surface area contributed by atoms with E-state index in [1.165, 1.54) is 11.3 Å². The number of thiazole rings is 1. The molecular formula is C23H38N4O5S. The van der Waals surface area contributed by atoms with Gasteiger partial charge < -0.3 is 20.2 Å². The van der Waals surface area contributed by atoms with Crippen LogP contribution in [0.5, 0.6) is 0 Å². The van der Waals surface area contributed by atoms with Gasteiger partial charge in [-0.25, -0.2) is 4.98 Å². The molecule has 2 rings (SSSR count). The Bertz CT molecular complexity index is 776. The second kappa shape index (κ2) is 12.0. The summed E-state index contributed by atoms with van der Waals surface area (Å²) >= 11 is 1.30. The minimum absolute atomic E-state index is 0.274. The van der Waals surface area contributed by atoms with E-state index in [1.807, 2.05) is 34.6 Å². The van der Waals surface area contributed by atoms with Crippen molar-refractivity contribution >= 4 is 34.6 Å². The normalized spacial score (nSPS) is 21.3. The second-order valence-electron chi connectivity index (χ2n) is 9.72. The summed E-state index contributed by atoms with van der Waals surface area (Å²) in [6.07, 6.45) is 5.07. The minimum atomic E-state index is -1.39. The zero-order valence-corrected chi connectivity index (χ0v) is 21.3. The first-order valence-electron chi connectivity index (χ1n) is 11.6. The molecule has 1 unspecified atom stereocenters. The number of amides is 2. The van der Waals surface area contributed by atoms with Crippen LogP contribution in [0.4, 0.5) is 5.13 Å². The van der Waals surface area contributed by atoms with Crippen molar-refractivity contribution in [3.8, 4) is 0 Å². The second-order valence-corrected chi connectivity index (χ2v) is 10.6. The van der Waals surface area contributed by atoms with E-state index in [9.17, 15) is 14.4 Å². The first-order valence-corrected chi connectivity index (χ1v) is 12.4. The number of nitrogens with zero attached hydrogens (tertiary/aromatic N) is 1. The Labute approximate surface area is 200 Å². The predicted molar refractivity (Wildman–Crippen MR) is 127 cm³/mol. The lowest BCUT2D eigenvalue weighted by Gasteiger charge is -2.43. The fraction of sp³-hybridized carbons (Fsp3) is 0.739. The largest absolute Gasteiger partial charge is 0.351 e. The molecule has 2 heterocycles. The summed E-state index contributed by atoms with van der Waals surface area (Å²) in [5.41, 5.74) is 0.947. The minimum Gasteiger partial charge on any atom is -0.351 e. The summed E-state index contributed by atoms with van der Waals surface area (Å²) in [5.74, 6) is -1.84. The molecule has 1 aliphatic rings. The van der Waals surface area contributed by atoms with E-state index in [2.05, 4.69) is 21.1 Å². The lowest BCUT2D eigenvalue weighted by Crippen LogP contribution is -2.68. The van der Waals surface area contributed by atoms with Crippen LogP contribution in [0.2, 0.25) is 0 Å². The summed E-state index contributed by atoms with van der Waals surface area (Å²) in [5, 5.41) is 7.89. The van der Waals surface area contributed by atoms with Gasteiger partial charge in [-0.2, -0.15) is 5.48 Å². The fourth-order valence-corrected chi connectivity index (χ4v) is 4.44. The Balaban J connectivity index is 2.32. The maximum Gasteiger partial charge on any atom is 0.249 e. The molecule has 0 bridgehead atoms. The molecule has 2 amide bonds. The number of carbonyl (C=O) groups excluding carboxylic acids is 3. The van der Waals surface area contributed by atoms with Crippen LogP contribution in [0, 0.1) is 17.3 Å². The van der Waals surface area contributed by atoms with E-state index < -0.39 is 35.1 Å². The molecule has 0 spiro atoms. The van der Waals surface area contributed by atoms with Gasteiger partial charge in [-0.15, -0.1) is 11.3 Å². The van der Waals surface area contributed by atoms with Crippen LogP contribution in [0.25, 0.3) is 0 Å². The van der Waals surface area contributed by atoms with Crippen LogP contribution < -0.4 is 16.1 Å². The van der Waals surface area contributed by atoms with Crippen molar-refractivity contribution in [1.82, 2.24) is 15.8 Å². The van der Waals surface area contributed by atoms with Crippen molar-refractivity contribution in [2.45, 2.75) is 85.1 Å². The average molecular weight is 483 g/mol. The number of rotatable bonds is 11. The molecule has 186 valence electrons. The van der Waals surface area contributed by atoms with Gasteiger partial charge in [-0.05, 0) is 24.2 Å². The van der Waals surface area contributed by atoms with Crippen molar-refractivity contribution in [2.75, 3.05) is 11.9 Å². The van der Waals surface area contributed by atoms with Crippen LogP contribution in [0.15, 0.2) is 11.6 Å². The number of hydrogen-bond acceptors (Lipinski definition) is 8.